The zero-order valence-corrected chi connectivity index (χ0v) is 15.1. The number of piperazine rings is 1. The Morgan fingerprint density at radius 3 is 2.69 bits per heavy atom. The van der Waals surface area contributed by atoms with Crippen molar-refractivity contribution in [3.05, 3.63) is 58.7 Å². The summed E-state index contributed by atoms with van der Waals surface area (Å²) in [5, 5.41) is 13.2. The minimum atomic E-state index is -0.733. The van der Waals surface area contributed by atoms with Crippen LogP contribution in [-0.4, -0.2) is 42.0 Å². The SMILES string of the molecule is COc1cc(C)cc(C(=O)N2CCNC(=O)C2c2ccccc2C)c1O. The Morgan fingerprint density at radius 1 is 1.27 bits per heavy atom. The lowest BCUT2D eigenvalue weighted by Crippen LogP contribution is -2.52. The maximum Gasteiger partial charge on any atom is 0.258 e. The summed E-state index contributed by atoms with van der Waals surface area (Å²) >= 11 is 0. The van der Waals surface area contributed by atoms with Gasteiger partial charge in [0.15, 0.2) is 11.5 Å². The topological polar surface area (TPSA) is 78.9 Å². The maximum atomic E-state index is 13.2. The van der Waals surface area contributed by atoms with Gasteiger partial charge in [-0.1, -0.05) is 24.3 Å². The quantitative estimate of drug-likeness (QED) is 0.887. The van der Waals surface area contributed by atoms with Crippen molar-refractivity contribution in [3.63, 3.8) is 0 Å². The van der Waals surface area contributed by atoms with Gasteiger partial charge in [0.05, 0.1) is 12.7 Å². The summed E-state index contributed by atoms with van der Waals surface area (Å²) < 4.78 is 5.16. The number of carbonyl (C=O) groups excluding carboxylic acids is 2. The van der Waals surface area contributed by atoms with Gasteiger partial charge in [-0.3, -0.25) is 9.59 Å². The molecule has 26 heavy (non-hydrogen) atoms. The van der Waals surface area contributed by atoms with E-state index in [1.807, 2.05) is 38.1 Å². The Kier molecular flexibility index (Phi) is 4.84. The minimum Gasteiger partial charge on any atom is -0.504 e. The van der Waals surface area contributed by atoms with E-state index in [4.69, 9.17) is 4.74 Å². The number of phenols is 1. The normalized spacial score (nSPS) is 17.0. The van der Waals surface area contributed by atoms with Crippen molar-refractivity contribution >= 4 is 11.8 Å². The molecule has 1 aliphatic heterocycles. The molecule has 0 aliphatic carbocycles. The molecule has 1 aliphatic rings. The Hall–Kier alpha value is -3.02. The van der Waals surface area contributed by atoms with Gasteiger partial charge in [-0.15, -0.1) is 0 Å². The van der Waals surface area contributed by atoms with Crippen LogP contribution in [0.5, 0.6) is 11.5 Å². The molecule has 1 atom stereocenters. The van der Waals surface area contributed by atoms with E-state index in [1.165, 1.54) is 12.0 Å². The molecule has 1 heterocycles. The standard InChI is InChI=1S/C20H22N2O4/c1-12-10-15(18(23)16(11-12)26-3)20(25)22-9-8-21-19(24)17(22)14-7-5-4-6-13(14)2/h4-7,10-11,17,23H,8-9H2,1-3H3,(H,21,24). The molecule has 6 nitrogen and oxygen atoms in total. The van der Waals surface area contributed by atoms with Gasteiger partial charge in [-0.05, 0) is 42.7 Å². The van der Waals surface area contributed by atoms with Crippen molar-refractivity contribution in [2.75, 3.05) is 20.2 Å². The summed E-state index contributed by atoms with van der Waals surface area (Å²) in [6.45, 7) is 4.46. The molecule has 1 unspecified atom stereocenters. The number of hydrogen-bond acceptors (Lipinski definition) is 4. The smallest absolute Gasteiger partial charge is 0.258 e. The van der Waals surface area contributed by atoms with Crippen LogP contribution in [0.4, 0.5) is 0 Å². The van der Waals surface area contributed by atoms with E-state index >= 15 is 0 Å². The van der Waals surface area contributed by atoms with Crippen molar-refractivity contribution in [3.8, 4) is 11.5 Å². The summed E-state index contributed by atoms with van der Waals surface area (Å²) in [5.41, 5.74) is 2.63. The van der Waals surface area contributed by atoms with Gasteiger partial charge >= 0.3 is 0 Å². The molecule has 0 radical (unpaired) electrons. The molecule has 2 amide bonds. The first kappa shape index (κ1) is 17.8. The fourth-order valence-electron chi connectivity index (χ4n) is 3.31. The summed E-state index contributed by atoms with van der Waals surface area (Å²) in [6, 6.07) is 10.0. The zero-order chi connectivity index (χ0) is 18.8. The second-order valence-corrected chi connectivity index (χ2v) is 6.41. The largest absolute Gasteiger partial charge is 0.504 e. The molecule has 3 rings (SSSR count). The highest BCUT2D eigenvalue weighted by Gasteiger charge is 2.36. The van der Waals surface area contributed by atoms with E-state index in [1.54, 1.807) is 12.1 Å². The van der Waals surface area contributed by atoms with Gasteiger partial charge in [0.1, 0.15) is 6.04 Å². The van der Waals surface area contributed by atoms with E-state index in [0.717, 1.165) is 16.7 Å². The third kappa shape index (κ3) is 3.10. The molecule has 1 saturated heterocycles. The van der Waals surface area contributed by atoms with Crippen LogP contribution in [0.3, 0.4) is 0 Å². The van der Waals surface area contributed by atoms with Crippen molar-refractivity contribution < 1.29 is 19.4 Å². The second-order valence-electron chi connectivity index (χ2n) is 6.41. The highest BCUT2D eigenvalue weighted by atomic mass is 16.5. The van der Waals surface area contributed by atoms with E-state index in [9.17, 15) is 14.7 Å². The third-order valence-electron chi connectivity index (χ3n) is 4.63. The number of ether oxygens (including phenoxy) is 1. The van der Waals surface area contributed by atoms with E-state index < -0.39 is 11.9 Å². The van der Waals surface area contributed by atoms with Crippen molar-refractivity contribution in [1.82, 2.24) is 10.2 Å². The summed E-state index contributed by atoms with van der Waals surface area (Å²) in [4.78, 5) is 27.3. The molecule has 136 valence electrons. The van der Waals surface area contributed by atoms with E-state index in [2.05, 4.69) is 5.32 Å². The van der Waals surface area contributed by atoms with E-state index in [-0.39, 0.29) is 23.0 Å². The van der Waals surface area contributed by atoms with Crippen LogP contribution in [0.2, 0.25) is 0 Å². The molecular weight excluding hydrogens is 332 g/mol. The minimum absolute atomic E-state index is 0.134. The number of nitrogens with one attached hydrogen (secondary N) is 1. The van der Waals surface area contributed by atoms with Gasteiger partial charge in [-0.2, -0.15) is 0 Å². The Morgan fingerprint density at radius 2 is 2.00 bits per heavy atom. The van der Waals surface area contributed by atoms with Crippen molar-refractivity contribution in [1.29, 1.82) is 0 Å². The van der Waals surface area contributed by atoms with Crippen LogP contribution in [0.1, 0.15) is 33.1 Å². The number of carbonyl (C=O) groups is 2. The molecule has 2 N–H and O–H groups in total. The first-order chi connectivity index (χ1) is 12.4. The van der Waals surface area contributed by atoms with Crippen molar-refractivity contribution in [2.45, 2.75) is 19.9 Å². The zero-order valence-electron chi connectivity index (χ0n) is 15.1. The Bertz CT molecular complexity index is 863. The highest BCUT2D eigenvalue weighted by Crippen LogP contribution is 2.35. The van der Waals surface area contributed by atoms with Gasteiger partial charge < -0.3 is 20.1 Å². The predicted octanol–water partition coefficient (Wildman–Crippen LogP) is 2.33. The number of hydrogen-bond donors (Lipinski definition) is 2. The van der Waals surface area contributed by atoms with Gasteiger partial charge in [0.25, 0.3) is 5.91 Å². The molecule has 0 aromatic heterocycles. The number of nitrogens with zero attached hydrogens (tertiary/aromatic N) is 1. The molecular formula is C20H22N2O4. The maximum absolute atomic E-state index is 13.2. The third-order valence-corrected chi connectivity index (χ3v) is 4.63. The first-order valence-electron chi connectivity index (χ1n) is 8.46. The van der Waals surface area contributed by atoms with Gasteiger partial charge in [-0.25, -0.2) is 0 Å². The number of aryl methyl sites for hydroxylation is 2. The van der Waals surface area contributed by atoms with Crippen LogP contribution < -0.4 is 10.1 Å². The number of aromatic hydroxyl groups is 1. The average Bonchev–Trinajstić information content (AvgIpc) is 2.63. The molecule has 0 bridgehead atoms. The molecule has 0 spiro atoms. The lowest BCUT2D eigenvalue weighted by molar-refractivity contribution is -0.128. The molecule has 6 heteroatoms. The van der Waals surface area contributed by atoms with E-state index in [0.29, 0.717) is 13.1 Å². The fourth-order valence-corrected chi connectivity index (χ4v) is 3.31. The fraction of sp³-hybridized carbons (Fsp3) is 0.300. The van der Waals surface area contributed by atoms with Crippen LogP contribution >= 0.6 is 0 Å². The highest BCUT2D eigenvalue weighted by molar-refractivity contribution is 6.01. The summed E-state index contributed by atoms with van der Waals surface area (Å²) in [6.07, 6.45) is 0. The monoisotopic (exact) mass is 354 g/mol. The van der Waals surface area contributed by atoms with Gasteiger partial charge in [0.2, 0.25) is 5.91 Å². The molecule has 0 saturated carbocycles. The number of phenolic OH excluding ortho intramolecular Hbond substituents is 1. The van der Waals surface area contributed by atoms with Crippen LogP contribution in [0.25, 0.3) is 0 Å². The number of rotatable bonds is 3. The molecule has 2 aromatic carbocycles. The summed E-state index contributed by atoms with van der Waals surface area (Å²) in [7, 11) is 1.44. The first-order valence-corrected chi connectivity index (χ1v) is 8.46. The van der Waals surface area contributed by atoms with Gasteiger partial charge in [0, 0.05) is 13.1 Å². The van der Waals surface area contributed by atoms with Crippen LogP contribution in [0, 0.1) is 13.8 Å². The van der Waals surface area contributed by atoms with Crippen LogP contribution in [-0.2, 0) is 4.79 Å². The summed E-state index contributed by atoms with van der Waals surface area (Å²) in [5.74, 6) is -0.592. The number of amides is 2. The Labute approximate surface area is 152 Å². The average molecular weight is 354 g/mol. The van der Waals surface area contributed by atoms with Crippen molar-refractivity contribution in [2.24, 2.45) is 0 Å². The lowest BCUT2D eigenvalue weighted by Gasteiger charge is -2.36. The predicted molar refractivity (Wildman–Crippen MR) is 97.4 cm³/mol. The Balaban J connectivity index is 2.06. The number of benzene rings is 2. The lowest BCUT2D eigenvalue weighted by atomic mass is 9.96. The second kappa shape index (κ2) is 7.07. The molecule has 2 aromatic rings. The molecule has 1 fully saturated rings. The van der Waals surface area contributed by atoms with Crippen LogP contribution in [0.15, 0.2) is 36.4 Å². The number of methoxy groups -OCH3 is 1.